The number of hydrogen-bond acceptors (Lipinski definition) is 4. The Kier molecular flexibility index (Phi) is 3.61. The lowest BCUT2D eigenvalue weighted by Crippen LogP contribution is -2.47. The van der Waals surface area contributed by atoms with Gasteiger partial charge >= 0.3 is 0 Å². The molecule has 0 amide bonds. The van der Waals surface area contributed by atoms with Gasteiger partial charge in [-0.3, -0.25) is 0 Å². The van der Waals surface area contributed by atoms with Gasteiger partial charge in [-0.25, -0.2) is 9.97 Å². The van der Waals surface area contributed by atoms with Crippen LogP contribution in [0.15, 0.2) is 12.5 Å². The third-order valence-electron chi connectivity index (χ3n) is 2.33. The number of alkyl halides is 1. The molecular weight excluding hydrogens is 237 g/mol. The van der Waals surface area contributed by atoms with E-state index >= 15 is 0 Å². The maximum Gasteiger partial charge on any atom is 0.151 e. The number of morpholine rings is 1. The Balaban J connectivity index is 2.24. The van der Waals surface area contributed by atoms with Crippen LogP contribution in [0.4, 0.5) is 5.82 Å². The maximum absolute atomic E-state index is 6.03. The Morgan fingerprint density at radius 3 is 3.20 bits per heavy atom. The molecule has 0 N–H and O–H groups in total. The lowest BCUT2D eigenvalue weighted by molar-refractivity contribution is 0.0994. The highest BCUT2D eigenvalue weighted by atomic mass is 35.5. The molecule has 1 fully saturated rings. The molecule has 1 unspecified atom stereocenters. The number of anilines is 1. The standard InChI is InChI=1S/C9H11Cl2N3O/c10-3-7-5-15-2-1-14(7)9-8(11)4-12-6-13-9/h4,6-7H,1-3,5H2. The minimum atomic E-state index is 0.132. The first-order valence-electron chi connectivity index (χ1n) is 4.69. The minimum Gasteiger partial charge on any atom is -0.377 e. The molecule has 0 bridgehead atoms. The molecule has 2 heterocycles. The summed E-state index contributed by atoms with van der Waals surface area (Å²) < 4.78 is 5.35. The Bertz CT molecular complexity index is 337. The van der Waals surface area contributed by atoms with E-state index in [9.17, 15) is 0 Å². The van der Waals surface area contributed by atoms with E-state index in [1.807, 2.05) is 0 Å². The van der Waals surface area contributed by atoms with Crippen molar-refractivity contribution in [2.75, 3.05) is 30.5 Å². The normalized spacial score (nSPS) is 21.7. The van der Waals surface area contributed by atoms with Gasteiger partial charge in [0.2, 0.25) is 0 Å². The molecule has 0 saturated carbocycles. The monoisotopic (exact) mass is 247 g/mol. The third-order valence-corrected chi connectivity index (χ3v) is 2.95. The van der Waals surface area contributed by atoms with Crippen LogP contribution in [0.25, 0.3) is 0 Å². The van der Waals surface area contributed by atoms with Crippen molar-refractivity contribution in [2.24, 2.45) is 0 Å². The first-order chi connectivity index (χ1) is 7.33. The Labute approximate surface area is 98.2 Å². The van der Waals surface area contributed by atoms with Crippen LogP contribution in [0.2, 0.25) is 5.02 Å². The summed E-state index contributed by atoms with van der Waals surface area (Å²) in [5.41, 5.74) is 0. The largest absolute Gasteiger partial charge is 0.377 e. The van der Waals surface area contributed by atoms with Crippen molar-refractivity contribution in [1.82, 2.24) is 9.97 Å². The van der Waals surface area contributed by atoms with Crippen LogP contribution in [0.3, 0.4) is 0 Å². The van der Waals surface area contributed by atoms with E-state index in [4.69, 9.17) is 27.9 Å². The summed E-state index contributed by atoms with van der Waals surface area (Å²) in [6, 6.07) is 0.132. The second kappa shape index (κ2) is 4.96. The molecule has 6 heteroatoms. The van der Waals surface area contributed by atoms with E-state index < -0.39 is 0 Å². The van der Waals surface area contributed by atoms with E-state index in [0.717, 1.165) is 12.4 Å². The molecule has 0 aliphatic carbocycles. The van der Waals surface area contributed by atoms with Gasteiger partial charge in [-0.2, -0.15) is 0 Å². The molecule has 0 spiro atoms. The lowest BCUT2D eigenvalue weighted by atomic mass is 10.2. The Hall–Kier alpha value is -0.580. The zero-order chi connectivity index (χ0) is 10.7. The molecule has 82 valence electrons. The summed E-state index contributed by atoms with van der Waals surface area (Å²) in [5, 5.41) is 0.550. The van der Waals surface area contributed by atoms with Gasteiger partial charge in [-0.05, 0) is 0 Å². The van der Waals surface area contributed by atoms with Crippen LogP contribution in [0.1, 0.15) is 0 Å². The molecular formula is C9H11Cl2N3O. The van der Waals surface area contributed by atoms with Gasteiger partial charge in [-0.1, -0.05) is 11.6 Å². The van der Waals surface area contributed by atoms with Crippen molar-refractivity contribution in [3.8, 4) is 0 Å². The van der Waals surface area contributed by atoms with Gasteiger partial charge in [0, 0.05) is 12.4 Å². The molecule has 4 nitrogen and oxygen atoms in total. The van der Waals surface area contributed by atoms with E-state index in [-0.39, 0.29) is 6.04 Å². The molecule has 1 atom stereocenters. The Morgan fingerprint density at radius 1 is 1.60 bits per heavy atom. The first kappa shape index (κ1) is 10.9. The van der Waals surface area contributed by atoms with Gasteiger partial charge in [-0.15, -0.1) is 11.6 Å². The van der Waals surface area contributed by atoms with Crippen LogP contribution in [0.5, 0.6) is 0 Å². The van der Waals surface area contributed by atoms with Crippen molar-refractivity contribution in [1.29, 1.82) is 0 Å². The van der Waals surface area contributed by atoms with Crippen LogP contribution in [-0.2, 0) is 4.74 Å². The quantitative estimate of drug-likeness (QED) is 0.744. The highest BCUT2D eigenvalue weighted by molar-refractivity contribution is 6.32. The summed E-state index contributed by atoms with van der Waals surface area (Å²) >= 11 is 11.9. The predicted octanol–water partition coefficient (Wildman–Crippen LogP) is 1.57. The summed E-state index contributed by atoms with van der Waals surface area (Å²) in [4.78, 5) is 10.1. The van der Waals surface area contributed by atoms with Crippen molar-refractivity contribution in [3.63, 3.8) is 0 Å². The van der Waals surface area contributed by atoms with Crippen molar-refractivity contribution < 1.29 is 4.74 Å². The van der Waals surface area contributed by atoms with Crippen LogP contribution < -0.4 is 4.90 Å². The first-order valence-corrected chi connectivity index (χ1v) is 5.60. The minimum absolute atomic E-state index is 0.132. The van der Waals surface area contributed by atoms with Crippen LogP contribution >= 0.6 is 23.2 Å². The topological polar surface area (TPSA) is 38.2 Å². The summed E-state index contributed by atoms with van der Waals surface area (Å²) in [6.45, 7) is 2.05. The fraction of sp³-hybridized carbons (Fsp3) is 0.556. The van der Waals surface area contributed by atoms with Gasteiger partial charge < -0.3 is 9.64 Å². The smallest absolute Gasteiger partial charge is 0.151 e. The van der Waals surface area contributed by atoms with Gasteiger partial charge in [0.15, 0.2) is 5.82 Å². The molecule has 1 aromatic heterocycles. The van der Waals surface area contributed by atoms with E-state index in [2.05, 4.69) is 14.9 Å². The number of rotatable bonds is 2. The highest BCUT2D eigenvalue weighted by Gasteiger charge is 2.24. The van der Waals surface area contributed by atoms with Crippen LogP contribution in [0, 0.1) is 0 Å². The number of halogens is 2. The second-order valence-corrected chi connectivity index (χ2v) is 3.99. The van der Waals surface area contributed by atoms with Gasteiger partial charge in [0.25, 0.3) is 0 Å². The molecule has 0 aromatic carbocycles. The van der Waals surface area contributed by atoms with E-state index in [0.29, 0.717) is 24.1 Å². The number of aromatic nitrogens is 2. The number of hydrogen-bond donors (Lipinski definition) is 0. The molecule has 1 aliphatic heterocycles. The average Bonchev–Trinajstić information content (AvgIpc) is 2.30. The maximum atomic E-state index is 6.03. The predicted molar refractivity (Wildman–Crippen MR) is 59.7 cm³/mol. The van der Waals surface area contributed by atoms with Crippen LogP contribution in [-0.4, -0.2) is 41.6 Å². The van der Waals surface area contributed by atoms with Gasteiger partial charge in [0.1, 0.15) is 11.3 Å². The van der Waals surface area contributed by atoms with Crippen molar-refractivity contribution in [2.45, 2.75) is 6.04 Å². The molecule has 1 saturated heterocycles. The molecule has 15 heavy (non-hydrogen) atoms. The molecule has 2 rings (SSSR count). The fourth-order valence-corrected chi connectivity index (χ4v) is 2.05. The highest BCUT2D eigenvalue weighted by Crippen LogP contribution is 2.25. The fourth-order valence-electron chi connectivity index (χ4n) is 1.58. The Morgan fingerprint density at radius 2 is 2.47 bits per heavy atom. The van der Waals surface area contributed by atoms with E-state index in [1.54, 1.807) is 6.20 Å². The second-order valence-electron chi connectivity index (χ2n) is 3.27. The molecule has 0 radical (unpaired) electrons. The van der Waals surface area contributed by atoms with Crippen molar-refractivity contribution >= 4 is 29.0 Å². The molecule has 1 aromatic rings. The molecule has 1 aliphatic rings. The zero-order valence-electron chi connectivity index (χ0n) is 8.07. The average molecular weight is 248 g/mol. The lowest BCUT2D eigenvalue weighted by Gasteiger charge is -2.35. The summed E-state index contributed by atoms with van der Waals surface area (Å²) in [5.74, 6) is 1.24. The SMILES string of the molecule is ClCC1COCCN1c1ncncc1Cl. The van der Waals surface area contributed by atoms with Crippen molar-refractivity contribution in [3.05, 3.63) is 17.5 Å². The summed E-state index contributed by atoms with van der Waals surface area (Å²) in [6.07, 6.45) is 3.08. The third kappa shape index (κ3) is 2.33. The zero-order valence-corrected chi connectivity index (χ0v) is 9.58. The van der Waals surface area contributed by atoms with Gasteiger partial charge in [0.05, 0.1) is 25.5 Å². The number of nitrogens with zero attached hydrogens (tertiary/aromatic N) is 3. The van der Waals surface area contributed by atoms with E-state index in [1.165, 1.54) is 6.33 Å². The summed E-state index contributed by atoms with van der Waals surface area (Å²) in [7, 11) is 0. The number of ether oxygens (including phenoxy) is 1.